The Morgan fingerprint density at radius 2 is 1.79 bits per heavy atom. The maximum Gasteiger partial charge on any atom is 0.240 e. The first kappa shape index (κ1) is 16.4. The second kappa shape index (κ2) is 7.19. The Morgan fingerprint density at radius 3 is 2.26 bits per heavy atom. The van der Waals surface area contributed by atoms with Gasteiger partial charge in [0.2, 0.25) is 5.91 Å². The molecular formula is C13H27N3O3. The molecule has 0 aromatic heterocycles. The zero-order valence-corrected chi connectivity index (χ0v) is 12.7. The van der Waals surface area contributed by atoms with Crippen LogP contribution in [-0.4, -0.2) is 69.1 Å². The van der Waals surface area contributed by atoms with Crippen molar-refractivity contribution in [1.82, 2.24) is 15.5 Å². The van der Waals surface area contributed by atoms with Crippen LogP contribution in [0.1, 0.15) is 20.8 Å². The monoisotopic (exact) mass is 273 g/mol. The molecule has 6 nitrogen and oxygen atoms in total. The molecule has 0 saturated carbocycles. The lowest BCUT2D eigenvalue weighted by molar-refractivity contribution is -0.143. The van der Waals surface area contributed by atoms with Gasteiger partial charge in [0.15, 0.2) is 6.29 Å². The number of hydrogen-bond acceptors (Lipinski definition) is 5. The first-order chi connectivity index (χ1) is 8.93. The minimum absolute atomic E-state index is 0.000926. The van der Waals surface area contributed by atoms with Crippen LogP contribution in [0.5, 0.6) is 0 Å². The molecule has 1 fully saturated rings. The minimum atomic E-state index is -0.525. The standard InChI is InChI=1S/C13H27N3O3/c1-10(11(18-4)19-5)15-12(17)13(2,3)16-8-6-14-7-9-16/h10-11,14H,6-9H2,1-5H3,(H,15,17). The molecular weight excluding hydrogens is 246 g/mol. The lowest BCUT2D eigenvalue weighted by Crippen LogP contribution is -2.61. The van der Waals surface area contributed by atoms with Crippen LogP contribution >= 0.6 is 0 Å². The van der Waals surface area contributed by atoms with Gasteiger partial charge >= 0.3 is 0 Å². The van der Waals surface area contributed by atoms with Crippen LogP contribution in [0.25, 0.3) is 0 Å². The highest BCUT2D eigenvalue weighted by atomic mass is 16.7. The van der Waals surface area contributed by atoms with Crippen LogP contribution in [0.4, 0.5) is 0 Å². The topological polar surface area (TPSA) is 62.8 Å². The SMILES string of the molecule is COC(OC)C(C)NC(=O)C(C)(C)N1CCNCC1. The fourth-order valence-corrected chi connectivity index (χ4v) is 2.32. The van der Waals surface area contributed by atoms with Gasteiger partial charge in [-0.1, -0.05) is 0 Å². The Bertz CT molecular complexity index is 287. The molecule has 1 saturated heterocycles. The van der Waals surface area contributed by atoms with Crippen molar-refractivity contribution < 1.29 is 14.3 Å². The molecule has 0 spiro atoms. The van der Waals surface area contributed by atoms with E-state index in [0.717, 1.165) is 26.2 Å². The van der Waals surface area contributed by atoms with Crippen LogP contribution in [0, 0.1) is 0 Å². The van der Waals surface area contributed by atoms with E-state index in [1.54, 1.807) is 14.2 Å². The largest absolute Gasteiger partial charge is 0.354 e. The molecule has 0 aromatic carbocycles. The van der Waals surface area contributed by atoms with Crippen molar-refractivity contribution in [2.24, 2.45) is 0 Å². The number of nitrogens with one attached hydrogen (secondary N) is 2. The molecule has 1 aliphatic rings. The Morgan fingerprint density at radius 1 is 1.26 bits per heavy atom. The van der Waals surface area contributed by atoms with Gasteiger partial charge in [-0.15, -0.1) is 0 Å². The normalized spacial score (nSPS) is 19.5. The van der Waals surface area contributed by atoms with Gasteiger partial charge in [0, 0.05) is 40.4 Å². The lowest BCUT2D eigenvalue weighted by Gasteiger charge is -2.40. The second-order valence-corrected chi connectivity index (χ2v) is 5.40. The quantitative estimate of drug-likeness (QED) is 0.656. The molecule has 1 aliphatic heterocycles. The van der Waals surface area contributed by atoms with Gasteiger partial charge in [0.1, 0.15) is 0 Å². The predicted octanol–water partition coefficient (Wildman–Crippen LogP) is -0.206. The van der Waals surface area contributed by atoms with Crippen LogP contribution in [0.2, 0.25) is 0 Å². The highest BCUT2D eigenvalue weighted by Crippen LogP contribution is 2.16. The number of carbonyl (C=O) groups excluding carboxylic acids is 1. The Balaban J connectivity index is 2.59. The fraction of sp³-hybridized carbons (Fsp3) is 0.923. The Labute approximate surface area is 115 Å². The van der Waals surface area contributed by atoms with Gasteiger partial charge in [-0.3, -0.25) is 9.69 Å². The van der Waals surface area contributed by atoms with Gasteiger partial charge in [-0.05, 0) is 20.8 Å². The smallest absolute Gasteiger partial charge is 0.240 e. The average Bonchev–Trinajstić information content (AvgIpc) is 2.41. The van der Waals surface area contributed by atoms with Crippen molar-refractivity contribution in [1.29, 1.82) is 0 Å². The van der Waals surface area contributed by atoms with Crippen LogP contribution in [0.15, 0.2) is 0 Å². The van der Waals surface area contributed by atoms with E-state index in [1.165, 1.54) is 0 Å². The average molecular weight is 273 g/mol. The number of methoxy groups -OCH3 is 2. The van der Waals surface area contributed by atoms with E-state index in [0.29, 0.717) is 0 Å². The molecule has 1 heterocycles. The third kappa shape index (κ3) is 4.14. The summed E-state index contributed by atoms with van der Waals surface area (Å²) in [5, 5.41) is 6.26. The Kier molecular flexibility index (Phi) is 6.19. The molecule has 6 heteroatoms. The van der Waals surface area contributed by atoms with E-state index < -0.39 is 11.8 Å². The molecule has 1 amide bonds. The van der Waals surface area contributed by atoms with Gasteiger partial charge in [-0.2, -0.15) is 0 Å². The van der Waals surface area contributed by atoms with Gasteiger partial charge in [0.25, 0.3) is 0 Å². The zero-order chi connectivity index (χ0) is 14.5. The van der Waals surface area contributed by atoms with E-state index >= 15 is 0 Å². The summed E-state index contributed by atoms with van der Waals surface area (Å²) in [5.74, 6) is 0.000926. The van der Waals surface area contributed by atoms with Gasteiger partial charge < -0.3 is 20.1 Å². The highest BCUT2D eigenvalue weighted by Gasteiger charge is 2.36. The number of rotatable bonds is 6. The molecule has 0 bridgehead atoms. The maximum absolute atomic E-state index is 12.4. The maximum atomic E-state index is 12.4. The van der Waals surface area contributed by atoms with Crippen LogP contribution < -0.4 is 10.6 Å². The van der Waals surface area contributed by atoms with Crippen molar-refractivity contribution in [3.8, 4) is 0 Å². The van der Waals surface area contributed by atoms with Gasteiger partial charge in [0.05, 0.1) is 11.6 Å². The molecule has 19 heavy (non-hydrogen) atoms. The van der Waals surface area contributed by atoms with Crippen molar-refractivity contribution in [2.75, 3.05) is 40.4 Å². The summed E-state index contributed by atoms with van der Waals surface area (Å²) in [4.78, 5) is 14.6. The summed E-state index contributed by atoms with van der Waals surface area (Å²) in [7, 11) is 3.14. The highest BCUT2D eigenvalue weighted by molar-refractivity contribution is 5.85. The summed E-state index contributed by atoms with van der Waals surface area (Å²) in [6.07, 6.45) is -0.428. The molecule has 1 unspecified atom stereocenters. The minimum Gasteiger partial charge on any atom is -0.354 e. The zero-order valence-electron chi connectivity index (χ0n) is 12.7. The molecule has 0 aromatic rings. The number of amides is 1. The molecule has 1 atom stereocenters. The van der Waals surface area contributed by atoms with E-state index in [1.807, 2.05) is 20.8 Å². The fourth-order valence-electron chi connectivity index (χ4n) is 2.32. The summed E-state index contributed by atoms with van der Waals surface area (Å²) in [5.41, 5.74) is -0.525. The van der Waals surface area contributed by atoms with Crippen LogP contribution in [0.3, 0.4) is 0 Å². The van der Waals surface area contributed by atoms with Crippen molar-refractivity contribution in [3.05, 3.63) is 0 Å². The van der Waals surface area contributed by atoms with Crippen molar-refractivity contribution in [3.63, 3.8) is 0 Å². The first-order valence-corrected chi connectivity index (χ1v) is 6.75. The first-order valence-electron chi connectivity index (χ1n) is 6.75. The summed E-state index contributed by atoms with van der Waals surface area (Å²) < 4.78 is 10.3. The third-order valence-corrected chi connectivity index (χ3v) is 3.69. The molecule has 2 N–H and O–H groups in total. The van der Waals surface area contributed by atoms with Crippen LogP contribution in [-0.2, 0) is 14.3 Å². The molecule has 0 aliphatic carbocycles. The number of piperazine rings is 1. The van der Waals surface area contributed by atoms with E-state index in [2.05, 4.69) is 15.5 Å². The van der Waals surface area contributed by atoms with Gasteiger partial charge in [-0.25, -0.2) is 0 Å². The number of ether oxygens (including phenoxy) is 2. The molecule has 1 rings (SSSR count). The van der Waals surface area contributed by atoms with E-state index in [4.69, 9.17) is 9.47 Å². The number of nitrogens with zero attached hydrogens (tertiary/aromatic N) is 1. The lowest BCUT2D eigenvalue weighted by atomic mass is 10.00. The number of carbonyl (C=O) groups is 1. The third-order valence-electron chi connectivity index (χ3n) is 3.69. The summed E-state index contributed by atoms with van der Waals surface area (Å²) in [6.45, 7) is 9.39. The van der Waals surface area contributed by atoms with E-state index in [-0.39, 0.29) is 11.9 Å². The predicted molar refractivity (Wildman–Crippen MR) is 73.9 cm³/mol. The summed E-state index contributed by atoms with van der Waals surface area (Å²) in [6, 6.07) is -0.190. The molecule has 0 radical (unpaired) electrons. The van der Waals surface area contributed by atoms with Crippen molar-refractivity contribution >= 4 is 5.91 Å². The second-order valence-electron chi connectivity index (χ2n) is 5.40. The molecule has 112 valence electrons. The van der Waals surface area contributed by atoms with E-state index in [9.17, 15) is 4.79 Å². The summed E-state index contributed by atoms with van der Waals surface area (Å²) >= 11 is 0. The number of hydrogen-bond donors (Lipinski definition) is 2. The Hall–Kier alpha value is -0.690. The van der Waals surface area contributed by atoms with Crippen molar-refractivity contribution in [2.45, 2.75) is 38.6 Å².